The number of halogens is 4. The van der Waals surface area contributed by atoms with Crippen molar-refractivity contribution in [3.05, 3.63) is 17.9 Å². The largest absolute Gasteiger partial charge is 0.534 e. The zero-order valence-corrected chi connectivity index (χ0v) is 9.85. The highest BCUT2D eigenvalue weighted by atomic mass is 32.2. The fraction of sp³-hybridized carbons (Fsp3) is 0.333. The van der Waals surface area contributed by atoms with Crippen molar-refractivity contribution < 1.29 is 39.6 Å². The van der Waals surface area contributed by atoms with E-state index in [0.717, 1.165) is 6.07 Å². The van der Waals surface area contributed by atoms with Crippen LogP contribution in [-0.2, 0) is 10.1 Å². The van der Waals surface area contributed by atoms with Gasteiger partial charge in [-0.05, 0) is 0 Å². The molecule has 0 aromatic heterocycles. The van der Waals surface area contributed by atoms with Gasteiger partial charge in [-0.3, -0.25) is 0 Å². The highest BCUT2D eigenvalue weighted by Gasteiger charge is 2.48. The number of alkyl halides is 3. The molecule has 106 valence electrons. The molecule has 0 fully saturated rings. The fourth-order valence-corrected chi connectivity index (χ4v) is 1.75. The molecule has 0 amide bonds. The van der Waals surface area contributed by atoms with Gasteiger partial charge in [-0.25, -0.2) is 4.39 Å². The summed E-state index contributed by atoms with van der Waals surface area (Å²) < 4.78 is 84.8. The molecule has 0 saturated carbocycles. The van der Waals surface area contributed by atoms with Gasteiger partial charge in [0.05, 0.1) is 0 Å². The summed E-state index contributed by atoms with van der Waals surface area (Å²) in [6.45, 7) is 0.132. The Morgan fingerprint density at radius 1 is 1.16 bits per heavy atom. The van der Waals surface area contributed by atoms with Crippen LogP contribution in [0.4, 0.5) is 17.6 Å². The zero-order valence-electron chi connectivity index (χ0n) is 9.03. The molecule has 5 nitrogen and oxygen atoms in total. The van der Waals surface area contributed by atoms with Crippen molar-refractivity contribution in [1.82, 2.24) is 0 Å². The Morgan fingerprint density at radius 2 is 1.79 bits per heavy atom. The maximum absolute atomic E-state index is 13.4. The van der Waals surface area contributed by atoms with E-state index in [1.807, 2.05) is 0 Å². The van der Waals surface area contributed by atoms with Crippen LogP contribution in [0.1, 0.15) is 0 Å². The van der Waals surface area contributed by atoms with Gasteiger partial charge in [-0.2, -0.15) is 21.6 Å². The van der Waals surface area contributed by atoms with Crippen molar-refractivity contribution >= 4 is 10.1 Å². The van der Waals surface area contributed by atoms with Gasteiger partial charge in [0.15, 0.2) is 17.3 Å². The van der Waals surface area contributed by atoms with E-state index >= 15 is 0 Å². The lowest BCUT2D eigenvalue weighted by molar-refractivity contribution is -0.0500. The Balaban J connectivity index is 2.35. The molecule has 1 aliphatic rings. The van der Waals surface area contributed by atoms with Crippen molar-refractivity contribution in [2.75, 3.05) is 13.2 Å². The average molecular weight is 302 g/mol. The maximum Gasteiger partial charge on any atom is 0.534 e. The second kappa shape index (κ2) is 4.44. The first kappa shape index (κ1) is 13.7. The minimum absolute atomic E-state index is 0.0575. The highest BCUT2D eigenvalue weighted by molar-refractivity contribution is 7.88. The molecular formula is C9H6F4O5S. The lowest BCUT2D eigenvalue weighted by Crippen LogP contribution is -2.28. The van der Waals surface area contributed by atoms with E-state index in [9.17, 15) is 26.0 Å². The summed E-state index contributed by atoms with van der Waals surface area (Å²) in [7, 11) is -5.86. The molecule has 1 aromatic carbocycles. The Kier molecular flexibility index (Phi) is 3.20. The van der Waals surface area contributed by atoms with Gasteiger partial charge in [0, 0.05) is 12.1 Å². The summed E-state index contributed by atoms with van der Waals surface area (Å²) in [6.07, 6.45) is 0. The standard InChI is InChI=1S/C9H6F4O5S/c10-6-3-5(18-19(14,15)9(11,12)13)4-7-8(6)17-2-1-16-7/h3-4H,1-2H2. The van der Waals surface area contributed by atoms with Crippen LogP contribution in [0.15, 0.2) is 12.1 Å². The van der Waals surface area contributed by atoms with Crippen LogP contribution in [0.3, 0.4) is 0 Å². The van der Waals surface area contributed by atoms with Crippen molar-refractivity contribution in [3.63, 3.8) is 0 Å². The van der Waals surface area contributed by atoms with E-state index in [2.05, 4.69) is 4.18 Å². The Hall–Kier alpha value is -1.71. The van der Waals surface area contributed by atoms with Crippen LogP contribution < -0.4 is 13.7 Å². The number of hydrogen-bond donors (Lipinski definition) is 0. The lowest BCUT2D eigenvalue weighted by atomic mass is 10.2. The quantitative estimate of drug-likeness (QED) is 0.474. The van der Waals surface area contributed by atoms with Crippen LogP contribution in [0.2, 0.25) is 0 Å². The van der Waals surface area contributed by atoms with Gasteiger partial charge in [0.1, 0.15) is 19.0 Å². The third-order valence-electron chi connectivity index (χ3n) is 2.06. The van der Waals surface area contributed by atoms with E-state index in [0.29, 0.717) is 6.07 Å². The Morgan fingerprint density at radius 3 is 2.42 bits per heavy atom. The topological polar surface area (TPSA) is 61.8 Å². The molecule has 1 heterocycles. The molecule has 0 aliphatic carbocycles. The Labute approximate surface area is 104 Å². The fourth-order valence-electron chi connectivity index (χ4n) is 1.31. The predicted molar refractivity (Wildman–Crippen MR) is 53.0 cm³/mol. The number of benzene rings is 1. The van der Waals surface area contributed by atoms with E-state index < -0.39 is 27.2 Å². The molecule has 0 unspecified atom stereocenters. The molecular weight excluding hydrogens is 296 g/mol. The van der Waals surface area contributed by atoms with E-state index in [-0.39, 0.29) is 24.7 Å². The first-order valence-corrected chi connectivity index (χ1v) is 6.21. The first-order valence-electron chi connectivity index (χ1n) is 4.80. The smallest absolute Gasteiger partial charge is 0.486 e. The molecule has 1 aromatic rings. The summed E-state index contributed by atoms with van der Waals surface area (Å²) in [4.78, 5) is 0. The SMILES string of the molecule is O=S(=O)(Oc1cc(F)c2c(c1)OCCO2)C(F)(F)F. The highest BCUT2D eigenvalue weighted by Crippen LogP contribution is 2.38. The zero-order chi connectivity index (χ0) is 14.3. The second-order valence-electron chi connectivity index (χ2n) is 3.41. The molecule has 2 rings (SSSR count). The molecule has 0 saturated heterocycles. The van der Waals surface area contributed by atoms with Crippen molar-refractivity contribution in [3.8, 4) is 17.2 Å². The van der Waals surface area contributed by atoms with Gasteiger partial charge in [0.25, 0.3) is 0 Å². The third kappa shape index (κ3) is 2.67. The molecule has 10 heteroatoms. The monoisotopic (exact) mass is 302 g/mol. The maximum atomic E-state index is 13.4. The van der Waals surface area contributed by atoms with Crippen LogP contribution in [0, 0.1) is 5.82 Å². The van der Waals surface area contributed by atoms with E-state index in [1.165, 1.54) is 0 Å². The van der Waals surface area contributed by atoms with Crippen LogP contribution in [0.5, 0.6) is 17.2 Å². The van der Waals surface area contributed by atoms with Gasteiger partial charge >= 0.3 is 15.6 Å². The Bertz CT molecular complexity index is 595. The summed E-state index contributed by atoms with van der Waals surface area (Å²) in [5.74, 6) is -2.45. The number of ether oxygens (including phenoxy) is 2. The lowest BCUT2D eigenvalue weighted by Gasteiger charge is -2.19. The third-order valence-corrected chi connectivity index (χ3v) is 3.04. The minimum Gasteiger partial charge on any atom is -0.486 e. The van der Waals surface area contributed by atoms with Gasteiger partial charge in [-0.1, -0.05) is 0 Å². The summed E-state index contributed by atoms with van der Waals surface area (Å²) >= 11 is 0. The van der Waals surface area contributed by atoms with Crippen molar-refractivity contribution in [2.45, 2.75) is 5.51 Å². The van der Waals surface area contributed by atoms with Crippen molar-refractivity contribution in [1.29, 1.82) is 0 Å². The molecule has 0 radical (unpaired) electrons. The summed E-state index contributed by atoms with van der Waals surface area (Å²) in [5.41, 5.74) is -5.60. The number of hydrogen-bond acceptors (Lipinski definition) is 5. The summed E-state index contributed by atoms with van der Waals surface area (Å²) in [6, 6.07) is 1.28. The van der Waals surface area contributed by atoms with Gasteiger partial charge < -0.3 is 13.7 Å². The molecule has 0 atom stereocenters. The normalized spacial score (nSPS) is 15.2. The molecule has 19 heavy (non-hydrogen) atoms. The molecule has 1 aliphatic heterocycles. The molecule has 0 N–H and O–H groups in total. The number of fused-ring (bicyclic) bond motifs is 1. The van der Waals surface area contributed by atoms with E-state index in [1.54, 1.807) is 0 Å². The molecule has 0 spiro atoms. The minimum atomic E-state index is -5.86. The average Bonchev–Trinajstić information content (AvgIpc) is 2.27. The van der Waals surface area contributed by atoms with Crippen LogP contribution in [0.25, 0.3) is 0 Å². The molecule has 0 bridgehead atoms. The van der Waals surface area contributed by atoms with Crippen LogP contribution >= 0.6 is 0 Å². The van der Waals surface area contributed by atoms with Gasteiger partial charge in [-0.15, -0.1) is 0 Å². The first-order chi connectivity index (χ1) is 8.71. The van der Waals surface area contributed by atoms with Crippen molar-refractivity contribution in [2.24, 2.45) is 0 Å². The number of rotatable bonds is 2. The van der Waals surface area contributed by atoms with E-state index in [4.69, 9.17) is 9.47 Å². The second-order valence-corrected chi connectivity index (χ2v) is 4.95. The predicted octanol–water partition coefficient (Wildman–Crippen LogP) is 1.83. The van der Waals surface area contributed by atoms with Gasteiger partial charge in [0.2, 0.25) is 0 Å². The summed E-state index contributed by atoms with van der Waals surface area (Å²) in [5, 5.41) is 0. The van der Waals surface area contributed by atoms with Crippen LogP contribution in [-0.4, -0.2) is 27.1 Å².